The molecule has 4 aromatic rings. The third kappa shape index (κ3) is 4.30. The van der Waals surface area contributed by atoms with Gasteiger partial charge in [-0.2, -0.15) is 0 Å². The fraction of sp³-hybridized carbons (Fsp3) is 0.0690. The molecule has 0 fully saturated rings. The maximum absolute atomic E-state index is 12.7. The van der Waals surface area contributed by atoms with Gasteiger partial charge in [0.05, 0.1) is 22.7 Å². The number of fused-ring (bicyclic) bond motifs is 2. The monoisotopic (exact) mass is 463 g/mol. The van der Waals surface area contributed by atoms with Crippen LogP contribution in [0.15, 0.2) is 107 Å². The minimum Gasteiger partial charge on any atom is -0.397 e. The van der Waals surface area contributed by atoms with Gasteiger partial charge in [-0.05, 0) is 72.2 Å². The Morgan fingerprint density at radius 1 is 0.882 bits per heavy atom. The van der Waals surface area contributed by atoms with Gasteiger partial charge in [-0.25, -0.2) is 0 Å². The molecule has 1 heterocycles. The van der Waals surface area contributed by atoms with E-state index in [2.05, 4.69) is 66.2 Å². The highest BCUT2D eigenvalue weighted by Gasteiger charge is 2.24. The number of benzene rings is 4. The van der Waals surface area contributed by atoms with Crippen LogP contribution in [0.5, 0.6) is 0 Å². The van der Waals surface area contributed by atoms with Gasteiger partial charge < -0.3 is 16.0 Å². The summed E-state index contributed by atoms with van der Waals surface area (Å²) in [5.41, 5.74) is 13.2. The number of hydrogen-bond donors (Lipinski definition) is 2. The van der Waals surface area contributed by atoms with Crippen molar-refractivity contribution in [3.8, 4) is 0 Å². The summed E-state index contributed by atoms with van der Waals surface area (Å²) in [6, 6.07) is 29.8. The second kappa shape index (κ2) is 9.12. The number of hydrogen-bond acceptors (Lipinski definition) is 4. The maximum Gasteiger partial charge on any atom is 0.255 e. The summed E-state index contributed by atoms with van der Waals surface area (Å²) in [4.78, 5) is 17.5. The normalized spacial score (nSPS) is 12.0. The summed E-state index contributed by atoms with van der Waals surface area (Å²) in [6.07, 6.45) is 0. The number of nitrogen functional groups attached to an aromatic ring is 1. The van der Waals surface area contributed by atoms with E-state index < -0.39 is 0 Å². The van der Waals surface area contributed by atoms with Gasteiger partial charge in [0.25, 0.3) is 5.91 Å². The highest BCUT2D eigenvalue weighted by atomic mass is 32.2. The zero-order valence-corrected chi connectivity index (χ0v) is 19.7. The predicted molar refractivity (Wildman–Crippen MR) is 143 cm³/mol. The molecule has 0 saturated heterocycles. The molecule has 0 aromatic heterocycles. The third-order valence-corrected chi connectivity index (χ3v) is 7.02. The van der Waals surface area contributed by atoms with Crippen molar-refractivity contribution in [1.29, 1.82) is 0 Å². The standard InChI is InChI=1S/C29H25N3OS/c1-19-11-16-28-26(17-19)32(25-9-5-6-10-27(25)34-28)18-20(2)21-12-14-22(15-13-21)29(33)31-24-8-4-3-7-23(24)30/h3-17H,2,18,30H2,1H3,(H,31,33). The van der Waals surface area contributed by atoms with Crippen LogP contribution in [0.1, 0.15) is 21.5 Å². The van der Waals surface area contributed by atoms with Gasteiger partial charge in [-0.3, -0.25) is 4.79 Å². The summed E-state index contributed by atoms with van der Waals surface area (Å²) in [7, 11) is 0. The van der Waals surface area contributed by atoms with Crippen molar-refractivity contribution in [2.45, 2.75) is 16.7 Å². The van der Waals surface area contributed by atoms with Crippen LogP contribution in [0.25, 0.3) is 5.57 Å². The molecule has 0 atom stereocenters. The average Bonchev–Trinajstić information content (AvgIpc) is 2.85. The van der Waals surface area contributed by atoms with Crippen LogP contribution < -0.4 is 16.0 Å². The van der Waals surface area contributed by atoms with E-state index in [0.29, 0.717) is 23.5 Å². The molecule has 1 amide bonds. The van der Waals surface area contributed by atoms with Gasteiger partial charge >= 0.3 is 0 Å². The largest absolute Gasteiger partial charge is 0.397 e. The molecule has 1 aliphatic rings. The van der Waals surface area contributed by atoms with Gasteiger partial charge in [0.1, 0.15) is 0 Å². The Balaban J connectivity index is 1.37. The number of nitrogens with two attached hydrogens (primary N) is 1. The average molecular weight is 464 g/mol. The molecule has 0 unspecified atom stereocenters. The molecule has 5 rings (SSSR count). The van der Waals surface area contributed by atoms with E-state index >= 15 is 0 Å². The quantitative estimate of drug-likeness (QED) is 0.309. The number of nitrogens with zero attached hydrogens (tertiary/aromatic N) is 1. The van der Waals surface area contributed by atoms with Crippen LogP contribution in [-0.2, 0) is 0 Å². The van der Waals surface area contributed by atoms with E-state index in [1.807, 2.05) is 36.4 Å². The lowest BCUT2D eigenvalue weighted by molar-refractivity contribution is 0.102. The molecule has 5 heteroatoms. The highest BCUT2D eigenvalue weighted by molar-refractivity contribution is 7.99. The number of carbonyl (C=O) groups excluding carboxylic acids is 1. The van der Waals surface area contributed by atoms with E-state index in [1.54, 1.807) is 23.9 Å². The summed E-state index contributed by atoms with van der Waals surface area (Å²) in [5.74, 6) is -0.193. The minimum atomic E-state index is -0.193. The van der Waals surface area contributed by atoms with Crippen molar-refractivity contribution in [3.63, 3.8) is 0 Å². The van der Waals surface area contributed by atoms with Gasteiger partial charge in [-0.1, -0.05) is 60.8 Å². The smallest absolute Gasteiger partial charge is 0.255 e. The SMILES string of the molecule is C=C(CN1c2ccccc2Sc2ccc(C)cc21)c1ccc(C(=O)Nc2ccccc2N)cc1. The molecule has 0 radical (unpaired) electrons. The first-order valence-corrected chi connectivity index (χ1v) is 11.9. The highest BCUT2D eigenvalue weighted by Crippen LogP contribution is 2.48. The Bertz CT molecular complexity index is 1390. The lowest BCUT2D eigenvalue weighted by atomic mass is 10.0. The molecular weight excluding hydrogens is 438 g/mol. The molecular formula is C29H25N3OS. The Labute approximate surface area is 204 Å². The van der Waals surface area contributed by atoms with Crippen molar-refractivity contribution in [1.82, 2.24) is 0 Å². The predicted octanol–water partition coefficient (Wildman–Crippen LogP) is 7.15. The van der Waals surface area contributed by atoms with Crippen LogP contribution >= 0.6 is 11.8 Å². The lowest BCUT2D eigenvalue weighted by Gasteiger charge is -2.33. The summed E-state index contributed by atoms with van der Waals surface area (Å²) in [6.45, 7) is 7.14. The first-order chi connectivity index (χ1) is 16.5. The second-order valence-electron chi connectivity index (χ2n) is 8.35. The van der Waals surface area contributed by atoms with Crippen LogP contribution in [0.3, 0.4) is 0 Å². The van der Waals surface area contributed by atoms with Crippen molar-refractivity contribution in [3.05, 3.63) is 114 Å². The number of rotatable bonds is 5. The molecule has 0 saturated carbocycles. The van der Waals surface area contributed by atoms with E-state index in [4.69, 9.17) is 5.73 Å². The Kier molecular flexibility index (Phi) is 5.86. The molecule has 4 nitrogen and oxygen atoms in total. The molecule has 0 spiro atoms. The van der Waals surface area contributed by atoms with Gasteiger partial charge in [0.2, 0.25) is 0 Å². The molecule has 1 aliphatic heterocycles. The first-order valence-electron chi connectivity index (χ1n) is 11.1. The van der Waals surface area contributed by atoms with Crippen LogP contribution in [0.2, 0.25) is 0 Å². The van der Waals surface area contributed by atoms with Crippen LogP contribution in [-0.4, -0.2) is 12.5 Å². The molecule has 4 aromatic carbocycles. The van der Waals surface area contributed by atoms with E-state index in [1.165, 1.54) is 26.7 Å². The molecule has 34 heavy (non-hydrogen) atoms. The molecule has 168 valence electrons. The zero-order chi connectivity index (χ0) is 23.7. The number of aryl methyl sites for hydroxylation is 1. The topological polar surface area (TPSA) is 58.4 Å². The van der Waals surface area contributed by atoms with E-state index in [-0.39, 0.29) is 5.91 Å². The number of nitrogens with one attached hydrogen (secondary N) is 1. The van der Waals surface area contributed by atoms with Crippen LogP contribution in [0.4, 0.5) is 22.7 Å². The van der Waals surface area contributed by atoms with Gasteiger partial charge in [-0.15, -0.1) is 0 Å². The maximum atomic E-state index is 12.7. The summed E-state index contributed by atoms with van der Waals surface area (Å²) in [5, 5.41) is 2.87. The van der Waals surface area contributed by atoms with E-state index in [9.17, 15) is 4.79 Å². The van der Waals surface area contributed by atoms with Crippen molar-refractivity contribution < 1.29 is 4.79 Å². The Hall–Kier alpha value is -3.96. The minimum absolute atomic E-state index is 0.193. The number of amides is 1. The third-order valence-electron chi connectivity index (χ3n) is 5.89. The second-order valence-corrected chi connectivity index (χ2v) is 9.43. The molecule has 0 bridgehead atoms. The van der Waals surface area contributed by atoms with E-state index in [0.717, 1.165) is 11.1 Å². The summed E-state index contributed by atoms with van der Waals surface area (Å²) < 4.78 is 0. The number of carbonyl (C=O) groups is 1. The van der Waals surface area contributed by atoms with Crippen LogP contribution in [0, 0.1) is 6.92 Å². The number of anilines is 4. The fourth-order valence-corrected chi connectivity index (χ4v) is 5.13. The van der Waals surface area contributed by atoms with Crippen molar-refractivity contribution >= 4 is 46.0 Å². The summed E-state index contributed by atoms with van der Waals surface area (Å²) >= 11 is 1.80. The lowest BCUT2D eigenvalue weighted by Crippen LogP contribution is -2.22. The van der Waals surface area contributed by atoms with Crippen molar-refractivity contribution in [2.75, 3.05) is 22.5 Å². The van der Waals surface area contributed by atoms with Gasteiger partial charge in [0.15, 0.2) is 0 Å². The fourth-order valence-electron chi connectivity index (χ4n) is 4.05. The van der Waals surface area contributed by atoms with Gasteiger partial charge in [0, 0.05) is 21.9 Å². The van der Waals surface area contributed by atoms with Crippen molar-refractivity contribution in [2.24, 2.45) is 0 Å². The first kappa shape index (κ1) is 21.9. The zero-order valence-electron chi connectivity index (χ0n) is 18.9. The molecule has 3 N–H and O–H groups in total. The Morgan fingerprint density at radius 3 is 2.35 bits per heavy atom. The number of para-hydroxylation sites is 3. The molecule has 0 aliphatic carbocycles. The Morgan fingerprint density at radius 2 is 1.56 bits per heavy atom.